The number of thiazole rings is 1. The van der Waals surface area contributed by atoms with Gasteiger partial charge in [-0.15, -0.1) is 0 Å². The van der Waals surface area contributed by atoms with Gasteiger partial charge in [0.25, 0.3) is 0 Å². The molecule has 1 atom stereocenters. The van der Waals surface area contributed by atoms with Crippen molar-refractivity contribution in [2.24, 2.45) is 5.92 Å². The minimum atomic E-state index is -0.706. The largest absolute Gasteiger partial charge is 0.493 e. The second kappa shape index (κ2) is 19.8. The normalized spacial score (nSPS) is 12.0. The number of likely N-dealkylation sites (N-methyl/N-ethyl adjacent to an activating group) is 1. The Balaban J connectivity index is 0.000000264. The molecule has 0 radical (unpaired) electrons. The minimum Gasteiger partial charge on any atom is -0.493 e. The van der Waals surface area contributed by atoms with Crippen LogP contribution in [0.3, 0.4) is 0 Å². The highest BCUT2D eigenvalue weighted by Gasteiger charge is 2.36. The summed E-state index contributed by atoms with van der Waals surface area (Å²) >= 11 is 6.53. The van der Waals surface area contributed by atoms with Crippen LogP contribution in [-0.2, 0) is 23.2 Å². The monoisotopic (exact) mass is 808 g/mol. The first kappa shape index (κ1) is 43.1. The summed E-state index contributed by atoms with van der Waals surface area (Å²) in [4.78, 5) is 39.8. The summed E-state index contributed by atoms with van der Waals surface area (Å²) in [6, 6.07) is 19.1. The van der Waals surface area contributed by atoms with Crippen molar-refractivity contribution in [1.29, 1.82) is 5.26 Å². The van der Waals surface area contributed by atoms with Crippen LogP contribution in [0, 0.1) is 27.4 Å². The summed E-state index contributed by atoms with van der Waals surface area (Å²) in [6.45, 7) is 5.74. The molecule has 0 aliphatic heterocycles. The fourth-order valence-corrected chi connectivity index (χ4v) is 6.94. The summed E-state index contributed by atoms with van der Waals surface area (Å²) in [5, 5.41) is 23.5. The van der Waals surface area contributed by atoms with Crippen LogP contribution in [0.2, 0.25) is 5.02 Å². The van der Waals surface area contributed by atoms with Crippen molar-refractivity contribution >= 4 is 50.1 Å². The topological polar surface area (TPSA) is 184 Å². The third-order valence-electron chi connectivity index (χ3n) is 9.28. The van der Waals surface area contributed by atoms with E-state index in [9.17, 15) is 25.0 Å². The number of nitro groups is 1. The van der Waals surface area contributed by atoms with Crippen molar-refractivity contribution in [3.63, 3.8) is 0 Å². The molecule has 2 heterocycles. The van der Waals surface area contributed by atoms with Crippen molar-refractivity contribution < 1.29 is 33.1 Å². The maximum atomic E-state index is 12.0. The van der Waals surface area contributed by atoms with Crippen LogP contribution < -0.4 is 30.0 Å². The number of nitriles is 1. The van der Waals surface area contributed by atoms with Gasteiger partial charge in [-0.25, -0.2) is 9.78 Å². The Morgan fingerprint density at radius 1 is 1.04 bits per heavy atom. The van der Waals surface area contributed by atoms with Crippen LogP contribution in [0.4, 0.5) is 10.1 Å². The number of halogens is 1. The molecular weight excluding hydrogens is 764 g/mol. The van der Waals surface area contributed by atoms with Crippen LogP contribution in [0.15, 0.2) is 70.0 Å². The molecule has 17 heteroatoms. The van der Waals surface area contributed by atoms with Crippen molar-refractivity contribution in [1.82, 2.24) is 14.5 Å². The van der Waals surface area contributed by atoms with E-state index in [4.69, 9.17) is 35.0 Å². The van der Waals surface area contributed by atoms with E-state index < -0.39 is 22.0 Å². The van der Waals surface area contributed by atoms with Crippen LogP contribution in [0.25, 0.3) is 11.1 Å². The number of aromatic nitrogens is 2. The number of oxazole rings is 1. The van der Waals surface area contributed by atoms with Crippen LogP contribution in [0.5, 0.6) is 23.0 Å². The fourth-order valence-electron chi connectivity index (χ4n) is 6.13. The maximum Gasteiger partial charge on any atom is 0.420 e. The van der Waals surface area contributed by atoms with Gasteiger partial charge in [0, 0.05) is 17.6 Å². The first-order valence-electron chi connectivity index (χ1n) is 17.5. The summed E-state index contributed by atoms with van der Waals surface area (Å²) in [7, 11) is 8.67. The highest BCUT2D eigenvalue weighted by Crippen LogP contribution is 2.40. The maximum absolute atomic E-state index is 12.0. The molecule has 0 saturated carbocycles. The molecule has 1 unspecified atom stereocenters. The van der Waals surface area contributed by atoms with Gasteiger partial charge < -0.3 is 33.6 Å². The molecule has 298 valence electrons. The number of benzene rings is 3. The summed E-state index contributed by atoms with van der Waals surface area (Å²) in [6.07, 6.45) is 3.65. The van der Waals surface area contributed by atoms with Gasteiger partial charge in [-0.3, -0.25) is 19.5 Å². The first-order valence-corrected chi connectivity index (χ1v) is 18.7. The van der Waals surface area contributed by atoms with Gasteiger partial charge in [0.1, 0.15) is 12.7 Å². The second-order valence-corrected chi connectivity index (χ2v) is 14.5. The van der Waals surface area contributed by atoms with Crippen molar-refractivity contribution in [3.05, 3.63) is 97.6 Å². The molecule has 0 aliphatic carbocycles. The standard InChI is InChI=1S/C27H38N2O4.C12H7ClN4O5S/c1-20(2)27(19-28,22-10-12-24(31-5)26(18-22)33-7)14-8-15-29(3)16-13-21-9-11-23(30-4)25(17-21)32-6;13-6-1-2-7-8(3-6)22-12(19)16(7)5-9(18)15-11-14-4-10(23-11)17(20)21/h9-12,17-18,20H,8,13-16H2,1-7H3;1-4H,5H2,(H,14,15,18). The average Bonchev–Trinajstić information content (AvgIpc) is 3.78. The fraction of sp³-hybridized carbons (Fsp3) is 0.385. The average molecular weight is 809 g/mol. The van der Waals surface area contributed by atoms with Gasteiger partial charge in [-0.05, 0) is 97.6 Å². The highest BCUT2D eigenvalue weighted by atomic mass is 35.5. The van der Waals surface area contributed by atoms with E-state index in [-0.39, 0.29) is 28.2 Å². The van der Waals surface area contributed by atoms with Gasteiger partial charge in [0.05, 0.1) is 50.4 Å². The molecule has 0 spiro atoms. The van der Waals surface area contributed by atoms with E-state index in [2.05, 4.69) is 48.2 Å². The molecule has 0 saturated heterocycles. The Hall–Kier alpha value is -5.63. The number of rotatable bonds is 17. The Bertz CT molecular complexity index is 2230. The van der Waals surface area contributed by atoms with Crippen molar-refractivity contribution in [3.8, 4) is 29.1 Å². The number of amides is 1. The van der Waals surface area contributed by atoms with E-state index in [1.165, 1.54) is 11.6 Å². The lowest BCUT2D eigenvalue weighted by Crippen LogP contribution is -2.32. The van der Waals surface area contributed by atoms with Crippen LogP contribution in [0.1, 0.15) is 37.8 Å². The van der Waals surface area contributed by atoms with Gasteiger partial charge >= 0.3 is 10.8 Å². The zero-order chi connectivity index (χ0) is 41.0. The van der Waals surface area contributed by atoms with E-state index in [1.807, 2.05) is 30.3 Å². The van der Waals surface area contributed by atoms with E-state index in [1.54, 1.807) is 40.6 Å². The molecule has 2 aromatic heterocycles. The number of nitrogens with one attached hydrogen (secondary N) is 1. The minimum absolute atomic E-state index is 0.0746. The van der Waals surface area contributed by atoms with Gasteiger partial charge in [-0.1, -0.05) is 37.6 Å². The number of hydrogen-bond acceptors (Lipinski definition) is 13. The summed E-state index contributed by atoms with van der Waals surface area (Å²) < 4.78 is 27.7. The van der Waals surface area contributed by atoms with E-state index >= 15 is 0 Å². The van der Waals surface area contributed by atoms with Gasteiger partial charge in [0.15, 0.2) is 33.7 Å². The molecule has 0 aliphatic rings. The molecule has 5 aromatic rings. The zero-order valence-corrected chi connectivity index (χ0v) is 33.9. The number of nitrogens with zero attached hydrogens (tertiary/aromatic N) is 5. The third kappa shape index (κ3) is 10.6. The number of carbonyl (C=O) groups is 1. The van der Waals surface area contributed by atoms with Crippen molar-refractivity contribution in [2.75, 3.05) is 53.9 Å². The van der Waals surface area contributed by atoms with E-state index in [0.29, 0.717) is 22.0 Å². The summed E-state index contributed by atoms with van der Waals surface area (Å²) in [5.74, 6) is 1.72. The Morgan fingerprint density at radius 3 is 2.30 bits per heavy atom. The lowest BCUT2D eigenvalue weighted by atomic mass is 9.69. The van der Waals surface area contributed by atoms with Crippen LogP contribution in [-0.4, -0.2) is 73.9 Å². The zero-order valence-electron chi connectivity index (χ0n) is 32.3. The SMILES string of the molecule is COc1ccc(CCN(C)CCCC(C#N)(c2ccc(OC)c(OC)c2)C(C)C)cc1OC.O=C(Cn1c(=O)oc2cc(Cl)ccc21)Nc1ncc([N+](=O)[O-])s1. The number of carbonyl (C=O) groups excluding carboxylic acids is 1. The molecule has 0 fully saturated rings. The quantitative estimate of drug-likeness (QED) is 0.0729. The Kier molecular flexibility index (Phi) is 15.2. The predicted molar refractivity (Wildman–Crippen MR) is 215 cm³/mol. The third-order valence-corrected chi connectivity index (χ3v) is 10.4. The Labute approximate surface area is 333 Å². The molecule has 1 N–H and O–H groups in total. The second-order valence-electron chi connectivity index (χ2n) is 13.0. The molecule has 0 bridgehead atoms. The number of methoxy groups -OCH3 is 4. The molecule has 1 amide bonds. The number of hydrogen-bond donors (Lipinski definition) is 1. The Morgan fingerprint density at radius 2 is 1.70 bits per heavy atom. The highest BCUT2D eigenvalue weighted by molar-refractivity contribution is 7.18. The van der Waals surface area contributed by atoms with Gasteiger partial charge in [-0.2, -0.15) is 5.26 Å². The molecule has 5 rings (SSSR count). The molecule has 56 heavy (non-hydrogen) atoms. The molecule has 15 nitrogen and oxygen atoms in total. The molecular formula is C39H45ClN6O9S. The van der Waals surface area contributed by atoms with Crippen LogP contribution >= 0.6 is 22.9 Å². The number of ether oxygens (including phenoxy) is 4. The lowest BCUT2D eigenvalue weighted by molar-refractivity contribution is -0.380. The molecule has 3 aromatic carbocycles. The lowest BCUT2D eigenvalue weighted by Gasteiger charge is -2.32. The summed E-state index contributed by atoms with van der Waals surface area (Å²) in [5.41, 5.74) is 2.29. The predicted octanol–water partition coefficient (Wildman–Crippen LogP) is 7.34. The number of fused-ring (bicyclic) bond motifs is 1. The van der Waals surface area contributed by atoms with Crippen molar-refractivity contribution in [2.45, 2.75) is 45.1 Å². The smallest absolute Gasteiger partial charge is 0.420 e. The van der Waals surface area contributed by atoms with E-state index in [0.717, 1.165) is 71.5 Å². The number of anilines is 1. The first-order chi connectivity index (χ1) is 26.8. The van der Waals surface area contributed by atoms with Gasteiger partial charge in [0.2, 0.25) is 5.91 Å².